The molecule has 0 radical (unpaired) electrons. The molecular weight excluding hydrogens is 176 g/mol. The zero-order valence-corrected chi connectivity index (χ0v) is 8.58. The molecule has 1 aromatic rings. The van der Waals surface area contributed by atoms with E-state index in [1.54, 1.807) is 6.08 Å². The Morgan fingerprint density at radius 3 is 2.79 bits per heavy atom. The standard InChI is InChI=1S/C11H14N2O/c1-8-5-10(13(2)12-8)6-9-3-4-11(14)7-9/h5,7H,3-4,6H2,1-2H3. The lowest BCUT2D eigenvalue weighted by atomic mass is 10.1. The molecule has 0 saturated heterocycles. The number of aryl methyl sites for hydroxylation is 2. The summed E-state index contributed by atoms with van der Waals surface area (Å²) in [5, 5.41) is 4.28. The maximum atomic E-state index is 11.0. The fourth-order valence-corrected chi connectivity index (χ4v) is 1.86. The SMILES string of the molecule is Cc1cc(CC2=CC(=O)CC2)n(C)n1. The summed E-state index contributed by atoms with van der Waals surface area (Å²) in [5.74, 6) is 0.263. The summed E-state index contributed by atoms with van der Waals surface area (Å²) >= 11 is 0. The van der Waals surface area contributed by atoms with Crippen molar-refractivity contribution >= 4 is 5.78 Å². The van der Waals surface area contributed by atoms with E-state index in [1.807, 2.05) is 18.7 Å². The van der Waals surface area contributed by atoms with Crippen LogP contribution >= 0.6 is 0 Å². The molecule has 2 rings (SSSR count). The summed E-state index contributed by atoms with van der Waals surface area (Å²) in [7, 11) is 1.94. The maximum Gasteiger partial charge on any atom is 0.155 e. The molecule has 0 unspecified atom stereocenters. The van der Waals surface area contributed by atoms with Gasteiger partial charge in [-0.3, -0.25) is 9.48 Å². The first-order chi connectivity index (χ1) is 6.65. The molecule has 3 nitrogen and oxygen atoms in total. The number of carbonyl (C=O) groups is 1. The monoisotopic (exact) mass is 190 g/mol. The highest BCUT2D eigenvalue weighted by Crippen LogP contribution is 2.19. The molecule has 0 saturated carbocycles. The van der Waals surface area contributed by atoms with Gasteiger partial charge in [0.25, 0.3) is 0 Å². The molecule has 1 heterocycles. The van der Waals surface area contributed by atoms with Crippen molar-refractivity contribution in [1.82, 2.24) is 9.78 Å². The normalized spacial score (nSPS) is 16.1. The first kappa shape index (κ1) is 9.19. The molecule has 3 heteroatoms. The smallest absolute Gasteiger partial charge is 0.155 e. The third-order valence-electron chi connectivity index (χ3n) is 2.56. The van der Waals surface area contributed by atoms with Crippen molar-refractivity contribution < 1.29 is 4.79 Å². The van der Waals surface area contributed by atoms with Gasteiger partial charge in [-0.1, -0.05) is 5.57 Å². The van der Waals surface area contributed by atoms with Crippen molar-refractivity contribution in [3.8, 4) is 0 Å². The quantitative estimate of drug-likeness (QED) is 0.709. The van der Waals surface area contributed by atoms with Crippen LogP contribution in [0.25, 0.3) is 0 Å². The van der Waals surface area contributed by atoms with Gasteiger partial charge in [-0.15, -0.1) is 0 Å². The van der Waals surface area contributed by atoms with E-state index in [9.17, 15) is 4.79 Å². The number of allylic oxidation sites excluding steroid dienone is 2. The number of ketones is 1. The van der Waals surface area contributed by atoms with Crippen LogP contribution in [0.3, 0.4) is 0 Å². The second kappa shape index (κ2) is 3.40. The Kier molecular flexibility index (Phi) is 2.23. The largest absolute Gasteiger partial charge is 0.295 e. The van der Waals surface area contributed by atoms with E-state index in [0.29, 0.717) is 6.42 Å². The Bertz CT molecular complexity index is 401. The van der Waals surface area contributed by atoms with Crippen LogP contribution in [-0.4, -0.2) is 15.6 Å². The van der Waals surface area contributed by atoms with E-state index in [4.69, 9.17) is 0 Å². The predicted molar refractivity (Wildman–Crippen MR) is 54.0 cm³/mol. The highest BCUT2D eigenvalue weighted by molar-refractivity contribution is 5.93. The number of carbonyl (C=O) groups excluding carboxylic acids is 1. The fourth-order valence-electron chi connectivity index (χ4n) is 1.86. The summed E-state index contributed by atoms with van der Waals surface area (Å²) in [4.78, 5) is 11.0. The average Bonchev–Trinajstić information content (AvgIpc) is 2.61. The van der Waals surface area contributed by atoms with Crippen molar-refractivity contribution in [1.29, 1.82) is 0 Å². The van der Waals surface area contributed by atoms with Crippen molar-refractivity contribution in [3.05, 3.63) is 29.1 Å². The molecule has 74 valence electrons. The van der Waals surface area contributed by atoms with Gasteiger partial charge in [0.2, 0.25) is 0 Å². The molecular formula is C11H14N2O. The summed E-state index contributed by atoms with van der Waals surface area (Å²) in [5.41, 5.74) is 3.45. The van der Waals surface area contributed by atoms with Crippen LogP contribution in [0, 0.1) is 6.92 Å². The van der Waals surface area contributed by atoms with E-state index in [-0.39, 0.29) is 5.78 Å². The Morgan fingerprint density at radius 1 is 1.50 bits per heavy atom. The molecule has 14 heavy (non-hydrogen) atoms. The topological polar surface area (TPSA) is 34.9 Å². The van der Waals surface area contributed by atoms with E-state index >= 15 is 0 Å². The Morgan fingerprint density at radius 2 is 2.29 bits per heavy atom. The highest BCUT2D eigenvalue weighted by Gasteiger charge is 2.13. The number of hydrogen-bond acceptors (Lipinski definition) is 2. The lowest BCUT2D eigenvalue weighted by molar-refractivity contribution is -0.114. The molecule has 0 aliphatic heterocycles. The number of hydrogen-bond donors (Lipinski definition) is 0. The molecule has 0 amide bonds. The zero-order valence-electron chi connectivity index (χ0n) is 8.58. The van der Waals surface area contributed by atoms with Crippen molar-refractivity contribution in [2.75, 3.05) is 0 Å². The third-order valence-corrected chi connectivity index (χ3v) is 2.56. The molecule has 0 N–H and O–H groups in total. The second-order valence-electron chi connectivity index (χ2n) is 3.85. The van der Waals surface area contributed by atoms with Gasteiger partial charge < -0.3 is 0 Å². The predicted octanol–water partition coefficient (Wildman–Crippen LogP) is 1.56. The van der Waals surface area contributed by atoms with E-state index in [1.165, 1.54) is 11.3 Å². The number of rotatable bonds is 2. The van der Waals surface area contributed by atoms with Crippen LogP contribution in [0.4, 0.5) is 0 Å². The van der Waals surface area contributed by atoms with E-state index < -0.39 is 0 Å². The molecule has 1 aliphatic rings. The van der Waals surface area contributed by atoms with Gasteiger partial charge in [0.1, 0.15) is 0 Å². The van der Waals surface area contributed by atoms with Crippen LogP contribution in [0.5, 0.6) is 0 Å². The highest BCUT2D eigenvalue weighted by atomic mass is 16.1. The van der Waals surface area contributed by atoms with Gasteiger partial charge in [0.05, 0.1) is 5.69 Å². The summed E-state index contributed by atoms with van der Waals surface area (Å²) in [6.45, 7) is 1.98. The minimum atomic E-state index is 0.263. The summed E-state index contributed by atoms with van der Waals surface area (Å²) in [6, 6.07) is 2.07. The minimum absolute atomic E-state index is 0.263. The van der Waals surface area contributed by atoms with Crippen LogP contribution in [0.1, 0.15) is 24.2 Å². The van der Waals surface area contributed by atoms with Crippen LogP contribution in [0.15, 0.2) is 17.7 Å². The molecule has 1 aliphatic carbocycles. The van der Waals surface area contributed by atoms with E-state index in [0.717, 1.165) is 18.5 Å². The lowest BCUT2D eigenvalue weighted by Crippen LogP contribution is -1.99. The van der Waals surface area contributed by atoms with Crippen molar-refractivity contribution in [3.63, 3.8) is 0 Å². The number of aromatic nitrogens is 2. The second-order valence-corrected chi connectivity index (χ2v) is 3.85. The third kappa shape index (κ3) is 1.76. The lowest BCUT2D eigenvalue weighted by Gasteiger charge is -2.01. The molecule has 0 fully saturated rings. The average molecular weight is 190 g/mol. The first-order valence-electron chi connectivity index (χ1n) is 4.87. The summed E-state index contributed by atoms with van der Waals surface area (Å²) in [6.07, 6.45) is 4.25. The van der Waals surface area contributed by atoms with Crippen molar-refractivity contribution in [2.24, 2.45) is 7.05 Å². The van der Waals surface area contributed by atoms with Gasteiger partial charge >= 0.3 is 0 Å². The van der Waals surface area contributed by atoms with Crippen LogP contribution < -0.4 is 0 Å². The molecule has 0 bridgehead atoms. The Hall–Kier alpha value is -1.38. The first-order valence-corrected chi connectivity index (χ1v) is 4.87. The van der Waals surface area contributed by atoms with Gasteiger partial charge in [-0.05, 0) is 25.5 Å². The van der Waals surface area contributed by atoms with Gasteiger partial charge in [0.15, 0.2) is 5.78 Å². The maximum absolute atomic E-state index is 11.0. The summed E-state index contributed by atoms with van der Waals surface area (Å²) < 4.78 is 1.89. The van der Waals surface area contributed by atoms with Gasteiger partial charge in [0, 0.05) is 25.6 Å². The van der Waals surface area contributed by atoms with Crippen LogP contribution in [-0.2, 0) is 18.3 Å². The van der Waals surface area contributed by atoms with Crippen molar-refractivity contribution in [2.45, 2.75) is 26.2 Å². The number of nitrogens with zero attached hydrogens (tertiary/aromatic N) is 2. The zero-order chi connectivity index (χ0) is 10.1. The molecule has 0 spiro atoms. The van der Waals surface area contributed by atoms with Gasteiger partial charge in [-0.2, -0.15) is 5.10 Å². The minimum Gasteiger partial charge on any atom is -0.295 e. The van der Waals surface area contributed by atoms with Gasteiger partial charge in [-0.25, -0.2) is 0 Å². The van der Waals surface area contributed by atoms with E-state index in [2.05, 4.69) is 11.2 Å². The molecule has 0 atom stereocenters. The van der Waals surface area contributed by atoms with Crippen LogP contribution in [0.2, 0.25) is 0 Å². The fraction of sp³-hybridized carbons (Fsp3) is 0.455. The molecule has 1 aromatic heterocycles. The molecule has 0 aromatic carbocycles. The Balaban J connectivity index is 2.15. The Labute approximate surface area is 83.4 Å².